The number of ether oxygens (including phenoxy) is 1. The molecule has 0 saturated carbocycles. The number of aryl methyl sites for hydroxylation is 2. The number of carbonyl (C=O) groups is 1. The average molecular weight is 277 g/mol. The number of carbonyl (C=O) groups excluding carboxylic acids is 1. The molecule has 1 aromatic carbocycles. The quantitative estimate of drug-likeness (QED) is 0.663. The number of aromatic nitrogens is 1. The van der Waals surface area contributed by atoms with E-state index in [0.29, 0.717) is 16.9 Å². The molecule has 0 bridgehead atoms. The van der Waals surface area contributed by atoms with Crippen LogP contribution in [0.5, 0.6) is 0 Å². The van der Waals surface area contributed by atoms with E-state index in [9.17, 15) is 4.79 Å². The largest absolute Gasteiger partial charge is 0.455 e. The molecule has 0 spiro atoms. The van der Waals surface area contributed by atoms with Crippen molar-refractivity contribution in [3.63, 3.8) is 0 Å². The Morgan fingerprint density at radius 2 is 2.11 bits per heavy atom. The number of anilines is 2. The van der Waals surface area contributed by atoms with Crippen LogP contribution in [0.25, 0.3) is 0 Å². The lowest BCUT2D eigenvalue weighted by molar-refractivity contribution is 0.0473. The van der Waals surface area contributed by atoms with E-state index in [1.807, 2.05) is 13.8 Å². The number of thiazole rings is 1. The maximum atomic E-state index is 11.9. The number of hydrogen-bond donors (Lipinski definition) is 2. The fourth-order valence-electron chi connectivity index (χ4n) is 1.57. The van der Waals surface area contributed by atoms with Gasteiger partial charge in [0, 0.05) is 16.3 Å². The molecule has 100 valence electrons. The summed E-state index contributed by atoms with van der Waals surface area (Å²) in [6, 6.07) is 4.71. The van der Waals surface area contributed by atoms with Crippen LogP contribution >= 0.6 is 11.3 Å². The Labute approximate surface area is 115 Å². The van der Waals surface area contributed by atoms with Crippen molar-refractivity contribution in [2.24, 2.45) is 0 Å². The molecule has 0 amide bonds. The number of esters is 1. The monoisotopic (exact) mass is 277 g/mol. The van der Waals surface area contributed by atoms with E-state index in [1.165, 1.54) is 17.4 Å². The highest BCUT2D eigenvalue weighted by molar-refractivity contribution is 7.11. The van der Waals surface area contributed by atoms with Gasteiger partial charge in [0.2, 0.25) is 0 Å². The summed E-state index contributed by atoms with van der Waals surface area (Å²) in [5.41, 5.74) is 13.4. The minimum atomic E-state index is -0.469. The van der Waals surface area contributed by atoms with Gasteiger partial charge in [-0.25, -0.2) is 9.78 Å². The van der Waals surface area contributed by atoms with Gasteiger partial charge in [-0.05, 0) is 32.0 Å². The van der Waals surface area contributed by atoms with Crippen LogP contribution in [0.3, 0.4) is 0 Å². The number of hydrogen-bond acceptors (Lipinski definition) is 6. The smallest absolute Gasteiger partial charge is 0.340 e. The standard InChI is InChI=1S/C13H15N3O2S/c1-7-8(2)19-12(16-7)6-18-13(17)10-4-3-9(14)5-11(10)15/h3-5H,6,14-15H2,1-2H3. The van der Waals surface area contributed by atoms with Crippen molar-refractivity contribution in [3.8, 4) is 0 Å². The summed E-state index contributed by atoms with van der Waals surface area (Å²) in [5, 5.41) is 0.775. The second kappa shape index (κ2) is 5.27. The first kappa shape index (κ1) is 13.4. The van der Waals surface area contributed by atoms with Gasteiger partial charge in [0.15, 0.2) is 0 Å². The van der Waals surface area contributed by atoms with Gasteiger partial charge in [-0.15, -0.1) is 11.3 Å². The van der Waals surface area contributed by atoms with E-state index in [1.54, 1.807) is 12.1 Å². The molecule has 0 fully saturated rings. The van der Waals surface area contributed by atoms with E-state index >= 15 is 0 Å². The number of nitrogen functional groups attached to an aromatic ring is 2. The Balaban J connectivity index is 2.05. The molecule has 19 heavy (non-hydrogen) atoms. The van der Waals surface area contributed by atoms with E-state index in [4.69, 9.17) is 16.2 Å². The van der Waals surface area contributed by atoms with Crippen LogP contribution in [0.1, 0.15) is 25.9 Å². The third kappa shape index (κ3) is 3.03. The highest BCUT2D eigenvalue weighted by Gasteiger charge is 2.13. The zero-order valence-electron chi connectivity index (χ0n) is 10.8. The molecule has 1 heterocycles. The summed E-state index contributed by atoms with van der Waals surface area (Å²) in [7, 11) is 0. The maximum absolute atomic E-state index is 11.9. The summed E-state index contributed by atoms with van der Waals surface area (Å²) in [5.74, 6) is -0.469. The first-order valence-electron chi connectivity index (χ1n) is 5.72. The van der Waals surface area contributed by atoms with Gasteiger partial charge < -0.3 is 16.2 Å². The third-order valence-electron chi connectivity index (χ3n) is 2.70. The summed E-state index contributed by atoms with van der Waals surface area (Å²) in [4.78, 5) is 17.3. The van der Waals surface area contributed by atoms with Crippen molar-refractivity contribution >= 4 is 28.7 Å². The summed E-state index contributed by atoms with van der Waals surface area (Å²) in [6.07, 6.45) is 0. The number of nitrogens with two attached hydrogens (primary N) is 2. The Kier molecular flexibility index (Phi) is 3.71. The summed E-state index contributed by atoms with van der Waals surface area (Å²) < 4.78 is 5.19. The molecule has 0 atom stereocenters. The van der Waals surface area contributed by atoms with Crippen LogP contribution in [-0.2, 0) is 11.3 Å². The molecule has 0 saturated heterocycles. The van der Waals surface area contributed by atoms with Gasteiger partial charge >= 0.3 is 5.97 Å². The predicted octanol–water partition coefficient (Wildman–Crippen LogP) is 2.28. The Morgan fingerprint density at radius 1 is 1.37 bits per heavy atom. The van der Waals surface area contributed by atoms with Crippen molar-refractivity contribution < 1.29 is 9.53 Å². The number of benzene rings is 1. The second-order valence-electron chi connectivity index (χ2n) is 4.17. The zero-order chi connectivity index (χ0) is 14.0. The molecule has 1 aromatic heterocycles. The van der Waals surface area contributed by atoms with E-state index < -0.39 is 5.97 Å². The molecule has 5 nitrogen and oxygen atoms in total. The lowest BCUT2D eigenvalue weighted by Gasteiger charge is -2.06. The van der Waals surface area contributed by atoms with E-state index in [-0.39, 0.29) is 6.61 Å². The molecule has 2 aromatic rings. The van der Waals surface area contributed by atoms with Crippen LogP contribution < -0.4 is 11.5 Å². The molecule has 0 unspecified atom stereocenters. The molecule has 6 heteroatoms. The van der Waals surface area contributed by atoms with Crippen LogP contribution in [-0.4, -0.2) is 11.0 Å². The van der Waals surface area contributed by atoms with Crippen LogP contribution in [0, 0.1) is 13.8 Å². The molecular weight excluding hydrogens is 262 g/mol. The van der Waals surface area contributed by atoms with Gasteiger partial charge in [0.25, 0.3) is 0 Å². The minimum Gasteiger partial charge on any atom is -0.455 e. The first-order chi connectivity index (χ1) is 8.97. The molecule has 4 N–H and O–H groups in total. The van der Waals surface area contributed by atoms with Crippen LogP contribution in [0.2, 0.25) is 0 Å². The fourth-order valence-corrected chi connectivity index (χ4v) is 2.42. The van der Waals surface area contributed by atoms with Crippen LogP contribution in [0.4, 0.5) is 11.4 Å². The normalized spacial score (nSPS) is 10.4. The van der Waals surface area contributed by atoms with Crippen molar-refractivity contribution in [3.05, 3.63) is 39.3 Å². The van der Waals surface area contributed by atoms with Crippen molar-refractivity contribution in [1.29, 1.82) is 0 Å². The minimum absolute atomic E-state index is 0.155. The number of nitrogens with zero attached hydrogens (tertiary/aromatic N) is 1. The van der Waals surface area contributed by atoms with Crippen molar-refractivity contribution in [2.75, 3.05) is 11.5 Å². The average Bonchev–Trinajstić information content (AvgIpc) is 2.66. The van der Waals surface area contributed by atoms with Gasteiger partial charge in [0.05, 0.1) is 11.3 Å². The van der Waals surface area contributed by atoms with E-state index in [0.717, 1.165) is 15.6 Å². The summed E-state index contributed by atoms with van der Waals surface area (Å²) in [6.45, 7) is 4.06. The van der Waals surface area contributed by atoms with E-state index in [2.05, 4.69) is 4.98 Å². The Hall–Kier alpha value is -2.08. The van der Waals surface area contributed by atoms with Gasteiger partial charge in [-0.1, -0.05) is 0 Å². The maximum Gasteiger partial charge on any atom is 0.340 e. The third-order valence-corrected chi connectivity index (χ3v) is 3.74. The lowest BCUT2D eigenvalue weighted by atomic mass is 10.1. The SMILES string of the molecule is Cc1nc(COC(=O)c2ccc(N)cc2N)sc1C. The lowest BCUT2D eigenvalue weighted by Crippen LogP contribution is -2.08. The predicted molar refractivity (Wildman–Crippen MR) is 76.0 cm³/mol. The molecule has 0 aliphatic heterocycles. The zero-order valence-corrected chi connectivity index (χ0v) is 11.6. The van der Waals surface area contributed by atoms with Crippen LogP contribution in [0.15, 0.2) is 18.2 Å². The Morgan fingerprint density at radius 3 is 2.68 bits per heavy atom. The Bertz CT molecular complexity index is 603. The highest BCUT2D eigenvalue weighted by Crippen LogP contribution is 2.20. The molecular formula is C13H15N3O2S. The number of rotatable bonds is 3. The topological polar surface area (TPSA) is 91.2 Å². The molecule has 0 aliphatic rings. The first-order valence-corrected chi connectivity index (χ1v) is 6.54. The molecule has 0 aliphatic carbocycles. The molecule has 2 rings (SSSR count). The van der Waals surface area contributed by atoms with Gasteiger partial charge in [-0.3, -0.25) is 0 Å². The van der Waals surface area contributed by atoms with Crippen molar-refractivity contribution in [1.82, 2.24) is 4.98 Å². The second-order valence-corrected chi connectivity index (χ2v) is 5.46. The fraction of sp³-hybridized carbons (Fsp3) is 0.231. The van der Waals surface area contributed by atoms with Crippen molar-refractivity contribution in [2.45, 2.75) is 20.5 Å². The van der Waals surface area contributed by atoms with Gasteiger partial charge in [-0.2, -0.15) is 0 Å². The summed E-state index contributed by atoms with van der Waals surface area (Å²) >= 11 is 1.52. The highest BCUT2D eigenvalue weighted by atomic mass is 32.1. The molecule has 0 radical (unpaired) electrons. The van der Waals surface area contributed by atoms with Gasteiger partial charge in [0.1, 0.15) is 11.6 Å².